The molecule has 9 heteroatoms. The number of pyridine rings is 1. The van der Waals surface area contributed by atoms with Crippen LogP contribution in [0.2, 0.25) is 25.7 Å². The lowest BCUT2D eigenvalue weighted by atomic mass is 9.74. The van der Waals surface area contributed by atoms with Gasteiger partial charge in [-0.15, -0.1) is 0 Å². The monoisotopic (exact) mass is 543 g/mol. The maximum Gasteiger partial charge on any atom is 0.302 e. The highest BCUT2D eigenvalue weighted by Gasteiger charge is 2.39. The molecule has 0 aromatic carbocycles. The number of hydrogen-bond acceptors (Lipinski definition) is 6. The molecule has 1 heterocycles. The van der Waals surface area contributed by atoms with Crippen LogP contribution in [0.4, 0.5) is 0 Å². The van der Waals surface area contributed by atoms with Crippen molar-refractivity contribution in [2.75, 3.05) is 13.2 Å². The van der Waals surface area contributed by atoms with Gasteiger partial charge in [0.15, 0.2) is 0 Å². The SMILES string of the molecule is CC(=O)O[C@H](C)C1(/C=C/[C@](C)(COCC[Si](C)(C)C)C(=O)N[C@H](C(N)=O)C(C)C)C=c2ncccc2=CC1. The lowest BCUT2D eigenvalue weighted by molar-refractivity contribution is -0.148. The van der Waals surface area contributed by atoms with Gasteiger partial charge in [0, 0.05) is 33.2 Å². The number of nitrogens with zero attached hydrogens (tertiary/aromatic N) is 1. The molecule has 3 N–H and O–H groups in total. The minimum atomic E-state index is -1.33. The maximum atomic E-state index is 13.6. The summed E-state index contributed by atoms with van der Waals surface area (Å²) < 4.78 is 11.7. The first-order valence-electron chi connectivity index (χ1n) is 13.3. The topological polar surface area (TPSA) is 121 Å². The Morgan fingerprint density at radius 2 is 1.95 bits per heavy atom. The van der Waals surface area contributed by atoms with E-state index in [0.29, 0.717) is 13.0 Å². The van der Waals surface area contributed by atoms with Gasteiger partial charge in [0.25, 0.3) is 0 Å². The fraction of sp³-hybridized carbons (Fsp3) is 0.586. The molecule has 0 saturated carbocycles. The van der Waals surface area contributed by atoms with Crippen LogP contribution < -0.4 is 21.6 Å². The molecule has 2 rings (SSSR count). The van der Waals surface area contributed by atoms with Crippen molar-refractivity contribution in [3.63, 3.8) is 0 Å². The van der Waals surface area contributed by atoms with Crippen LogP contribution in [0.1, 0.15) is 41.0 Å². The van der Waals surface area contributed by atoms with Crippen LogP contribution in [0.15, 0.2) is 30.5 Å². The van der Waals surface area contributed by atoms with Gasteiger partial charge in [-0.2, -0.15) is 0 Å². The van der Waals surface area contributed by atoms with Crippen molar-refractivity contribution >= 4 is 38.0 Å². The summed E-state index contributed by atoms with van der Waals surface area (Å²) >= 11 is 0. The van der Waals surface area contributed by atoms with E-state index in [-0.39, 0.29) is 24.4 Å². The first-order chi connectivity index (χ1) is 17.6. The van der Waals surface area contributed by atoms with Crippen molar-refractivity contribution in [2.45, 2.75) is 78.9 Å². The predicted octanol–water partition coefficient (Wildman–Crippen LogP) is 2.53. The van der Waals surface area contributed by atoms with Crippen LogP contribution >= 0.6 is 0 Å². The highest BCUT2D eigenvalue weighted by atomic mass is 28.3. The van der Waals surface area contributed by atoms with Gasteiger partial charge in [-0.1, -0.05) is 57.8 Å². The Morgan fingerprint density at radius 1 is 1.26 bits per heavy atom. The molecule has 1 unspecified atom stereocenters. The smallest absolute Gasteiger partial charge is 0.302 e. The zero-order chi connectivity index (χ0) is 28.7. The number of carbonyl (C=O) groups is 3. The number of primary amides is 1. The summed E-state index contributed by atoms with van der Waals surface area (Å²) in [6, 6.07) is 4.02. The van der Waals surface area contributed by atoms with Crippen LogP contribution in [0.3, 0.4) is 0 Å². The maximum absolute atomic E-state index is 13.6. The first-order valence-corrected chi connectivity index (χ1v) is 17.0. The van der Waals surface area contributed by atoms with Crippen LogP contribution in [-0.4, -0.2) is 56.2 Å². The molecular weight excluding hydrogens is 498 g/mol. The summed E-state index contributed by atoms with van der Waals surface area (Å²) in [5.74, 6) is -1.50. The molecule has 1 aliphatic rings. The average Bonchev–Trinajstić information content (AvgIpc) is 2.82. The van der Waals surface area contributed by atoms with Gasteiger partial charge in [-0.25, -0.2) is 0 Å². The number of amides is 2. The number of aromatic nitrogens is 1. The molecule has 1 aromatic heterocycles. The van der Waals surface area contributed by atoms with Crippen molar-refractivity contribution in [1.29, 1.82) is 0 Å². The van der Waals surface area contributed by atoms with Crippen molar-refractivity contribution in [3.05, 3.63) is 41.0 Å². The number of nitrogens with one attached hydrogen (secondary N) is 1. The summed E-state index contributed by atoms with van der Waals surface area (Å²) in [6.07, 6.45) is 9.56. The van der Waals surface area contributed by atoms with Crippen LogP contribution in [0, 0.1) is 16.7 Å². The van der Waals surface area contributed by atoms with E-state index in [9.17, 15) is 14.4 Å². The summed E-state index contributed by atoms with van der Waals surface area (Å²) in [5.41, 5.74) is 3.74. The third-order valence-electron chi connectivity index (χ3n) is 6.99. The van der Waals surface area contributed by atoms with Gasteiger partial charge in [0.05, 0.1) is 17.4 Å². The number of ether oxygens (including phenoxy) is 2. The number of nitrogens with two attached hydrogens (primary N) is 1. The lowest BCUT2D eigenvalue weighted by Gasteiger charge is -2.35. The fourth-order valence-corrected chi connectivity index (χ4v) is 5.04. The third-order valence-corrected chi connectivity index (χ3v) is 8.69. The second-order valence-corrected chi connectivity index (χ2v) is 17.7. The summed E-state index contributed by atoms with van der Waals surface area (Å²) in [4.78, 5) is 42.1. The molecule has 4 atom stereocenters. The van der Waals surface area contributed by atoms with Gasteiger partial charge >= 0.3 is 5.97 Å². The second kappa shape index (κ2) is 12.8. The van der Waals surface area contributed by atoms with Gasteiger partial charge < -0.3 is 20.5 Å². The molecule has 1 aromatic rings. The van der Waals surface area contributed by atoms with E-state index < -0.39 is 37.0 Å². The summed E-state index contributed by atoms with van der Waals surface area (Å²) in [5, 5.41) is 4.63. The summed E-state index contributed by atoms with van der Waals surface area (Å²) in [7, 11) is -1.33. The molecule has 38 heavy (non-hydrogen) atoms. The van der Waals surface area contributed by atoms with E-state index in [1.807, 2.05) is 51.1 Å². The normalized spacial score (nSPS) is 20.4. The van der Waals surface area contributed by atoms with Gasteiger partial charge in [-0.05, 0) is 49.6 Å². The molecule has 0 radical (unpaired) electrons. The zero-order valence-electron chi connectivity index (χ0n) is 24.2. The predicted molar refractivity (Wildman–Crippen MR) is 153 cm³/mol. The largest absolute Gasteiger partial charge is 0.462 e. The molecule has 0 spiro atoms. The number of fused-ring (bicyclic) bond motifs is 1. The van der Waals surface area contributed by atoms with Crippen molar-refractivity contribution in [2.24, 2.45) is 22.5 Å². The molecule has 0 aliphatic heterocycles. The minimum absolute atomic E-state index is 0.125. The van der Waals surface area contributed by atoms with E-state index in [1.54, 1.807) is 13.1 Å². The summed E-state index contributed by atoms with van der Waals surface area (Å²) in [6.45, 7) is 16.1. The standard InChI is InChI=1S/C29H45N3O5Si/c1-20(2)25(26(30)34)32-27(35)28(5,19-36-16-17-38(6,7)8)13-14-29(21(3)37-22(4)33)12-11-23-10-9-15-31-24(23)18-29/h9-11,13-15,18,20-21,25H,12,16-17,19H2,1-8H3,(H2,30,34)(H,32,35)/b14-13+/t21-,25+,28-,29?/m1/s1. The highest BCUT2D eigenvalue weighted by molar-refractivity contribution is 6.76. The Balaban J connectivity index is 2.49. The molecule has 8 nitrogen and oxygen atoms in total. The van der Waals surface area contributed by atoms with Crippen LogP contribution in [0.25, 0.3) is 12.2 Å². The van der Waals surface area contributed by atoms with Crippen molar-refractivity contribution in [3.8, 4) is 0 Å². The van der Waals surface area contributed by atoms with E-state index in [2.05, 4.69) is 36.0 Å². The number of hydrogen-bond donors (Lipinski definition) is 2. The Kier molecular flexibility index (Phi) is 10.6. The second-order valence-electron chi connectivity index (χ2n) is 12.1. The zero-order valence-corrected chi connectivity index (χ0v) is 25.2. The molecule has 210 valence electrons. The van der Waals surface area contributed by atoms with Crippen molar-refractivity contribution < 1.29 is 23.9 Å². The minimum Gasteiger partial charge on any atom is -0.462 e. The van der Waals surface area contributed by atoms with E-state index >= 15 is 0 Å². The lowest BCUT2D eigenvalue weighted by Crippen LogP contribution is -2.52. The van der Waals surface area contributed by atoms with Crippen molar-refractivity contribution in [1.82, 2.24) is 10.3 Å². The quantitative estimate of drug-likeness (QED) is 0.171. The third kappa shape index (κ3) is 8.63. The van der Waals surface area contributed by atoms with Gasteiger partial charge in [-0.3, -0.25) is 19.4 Å². The Bertz CT molecular complexity index is 1160. The first kappa shape index (κ1) is 31.4. The number of rotatable bonds is 13. The van der Waals surface area contributed by atoms with Crippen LogP contribution in [-0.2, 0) is 23.9 Å². The molecule has 2 amide bonds. The Morgan fingerprint density at radius 3 is 2.53 bits per heavy atom. The fourth-order valence-electron chi connectivity index (χ4n) is 4.28. The molecule has 0 saturated heterocycles. The van der Waals surface area contributed by atoms with Crippen LogP contribution in [0.5, 0.6) is 0 Å². The van der Waals surface area contributed by atoms with Gasteiger partial charge in [0.2, 0.25) is 11.8 Å². The molecule has 1 aliphatic carbocycles. The van der Waals surface area contributed by atoms with E-state index in [1.165, 1.54) is 6.92 Å². The Labute approximate surface area is 227 Å². The average molecular weight is 544 g/mol. The number of esters is 1. The highest BCUT2D eigenvalue weighted by Crippen LogP contribution is 2.36. The Hall–Kier alpha value is -2.78. The number of carbonyl (C=O) groups excluding carboxylic acids is 3. The van der Waals surface area contributed by atoms with E-state index in [0.717, 1.165) is 16.6 Å². The molecule has 0 bridgehead atoms. The van der Waals surface area contributed by atoms with E-state index in [4.69, 9.17) is 15.2 Å². The van der Waals surface area contributed by atoms with Gasteiger partial charge in [0.1, 0.15) is 12.1 Å². The molecule has 0 fully saturated rings. The molecular formula is C29H45N3O5Si.